The van der Waals surface area contributed by atoms with Gasteiger partial charge in [0.05, 0.1) is 10.0 Å². The summed E-state index contributed by atoms with van der Waals surface area (Å²) in [4.78, 5) is 2.49. The van der Waals surface area contributed by atoms with Crippen molar-refractivity contribution in [2.75, 3.05) is 13.1 Å². The van der Waals surface area contributed by atoms with Crippen molar-refractivity contribution in [1.82, 2.24) is 10.2 Å². The van der Waals surface area contributed by atoms with Crippen molar-refractivity contribution in [3.05, 3.63) is 69.7 Å². The van der Waals surface area contributed by atoms with Gasteiger partial charge in [0, 0.05) is 32.2 Å². The summed E-state index contributed by atoms with van der Waals surface area (Å²) in [7, 11) is 0. The van der Waals surface area contributed by atoms with Gasteiger partial charge in [-0.2, -0.15) is 0 Å². The van der Waals surface area contributed by atoms with Crippen LogP contribution in [-0.2, 0) is 13.1 Å². The standard InChI is InChI=1S/C17H18Cl2N2/c18-16-7-6-14(8-17(16)19)12-21(15-9-20-10-15)11-13-4-2-1-3-5-13/h1-8,15,20H,9-12H2. The molecule has 1 fully saturated rings. The van der Waals surface area contributed by atoms with Gasteiger partial charge in [0.15, 0.2) is 0 Å². The highest BCUT2D eigenvalue weighted by atomic mass is 35.5. The van der Waals surface area contributed by atoms with Crippen molar-refractivity contribution in [1.29, 1.82) is 0 Å². The molecule has 0 spiro atoms. The van der Waals surface area contributed by atoms with E-state index in [1.165, 1.54) is 11.1 Å². The Balaban J connectivity index is 1.74. The first kappa shape index (κ1) is 14.9. The van der Waals surface area contributed by atoms with Gasteiger partial charge in [-0.1, -0.05) is 59.6 Å². The average Bonchev–Trinajstić information content (AvgIpc) is 2.42. The predicted octanol–water partition coefficient (Wildman–Crippen LogP) is 3.97. The second-order valence-electron chi connectivity index (χ2n) is 5.45. The topological polar surface area (TPSA) is 15.3 Å². The maximum atomic E-state index is 6.12. The van der Waals surface area contributed by atoms with Crippen LogP contribution in [-0.4, -0.2) is 24.0 Å². The number of nitrogens with one attached hydrogen (secondary N) is 1. The number of halogens is 2. The molecule has 2 nitrogen and oxygen atoms in total. The van der Waals surface area contributed by atoms with Gasteiger partial charge in [-0.05, 0) is 23.3 Å². The molecule has 2 aromatic carbocycles. The molecule has 1 aliphatic heterocycles. The number of benzene rings is 2. The number of hydrogen-bond donors (Lipinski definition) is 1. The Morgan fingerprint density at radius 1 is 0.905 bits per heavy atom. The normalized spacial score (nSPS) is 15.2. The minimum atomic E-state index is 0.583. The maximum absolute atomic E-state index is 6.12. The van der Waals surface area contributed by atoms with Crippen molar-refractivity contribution in [2.45, 2.75) is 19.1 Å². The predicted molar refractivity (Wildman–Crippen MR) is 88.8 cm³/mol. The monoisotopic (exact) mass is 320 g/mol. The highest BCUT2D eigenvalue weighted by Crippen LogP contribution is 2.24. The molecule has 0 aromatic heterocycles. The summed E-state index contributed by atoms with van der Waals surface area (Å²) in [6, 6.07) is 17.1. The van der Waals surface area contributed by atoms with Gasteiger partial charge in [-0.15, -0.1) is 0 Å². The average molecular weight is 321 g/mol. The van der Waals surface area contributed by atoms with Gasteiger partial charge in [0.2, 0.25) is 0 Å². The van der Waals surface area contributed by atoms with E-state index in [0.717, 1.165) is 26.2 Å². The van der Waals surface area contributed by atoms with Gasteiger partial charge in [-0.3, -0.25) is 4.90 Å². The van der Waals surface area contributed by atoms with Gasteiger partial charge in [0.25, 0.3) is 0 Å². The zero-order valence-electron chi connectivity index (χ0n) is 11.7. The van der Waals surface area contributed by atoms with Crippen molar-refractivity contribution in [3.8, 4) is 0 Å². The third kappa shape index (κ3) is 3.78. The van der Waals surface area contributed by atoms with E-state index >= 15 is 0 Å². The fourth-order valence-electron chi connectivity index (χ4n) is 2.54. The highest BCUT2D eigenvalue weighted by molar-refractivity contribution is 6.42. The lowest BCUT2D eigenvalue weighted by molar-refractivity contribution is 0.129. The first-order valence-corrected chi connectivity index (χ1v) is 7.90. The van der Waals surface area contributed by atoms with Crippen LogP contribution < -0.4 is 5.32 Å². The maximum Gasteiger partial charge on any atom is 0.0595 e. The third-order valence-electron chi connectivity index (χ3n) is 3.87. The van der Waals surface area contributed by atoms with E-state index < -0.39 is 0 Å². The molecule has 1 N–H and O–H groups in total. The second kappa shape index (κ2) is 6.80. The number of nitrogens with zero attached hydrogens (tertiary/aromatic N) is 1. The molecule has 1 heterocycles. The smallest absolute Gasteiger partial charge is 0.0595 e. The summed E-state index contributed by atoms with van der Waals surface area (Å²) in [5.74, 6) is 0. The summed E-state index contributed by atoms with van der Waals surface area (Å²) in [6.07, 6.45) is 0. The van der Waals surface area contributed by atoms with E-state index in [2.05, 4.69) is 46.6 Å². The van der Waals surface area contributed by atoms with Crippen LogP contribution in [0.2, 0.25) is 10.0 Å². The zero-order chi connectivity index (χ0) is 14.7. The lowest BCUT2D eigenvalue weighted by Gasteiger charge is -2.38. The first-order valence-electron chi connectivity index (χ1n) is 7.15. The van der Waals surface area contributed by atoms with Gasteiger partial charge < -0.3 is 5.32 Å². The molecular weight excluding hydrogens is 303 g/mol. The molecule has 1 saturated heterocycles. The minimum absolute atomic E-state index is 0.583. The molecule has 0 unspecified atom stereocenters. The van der Waals surface area contributed by atoms with Crippen LogP contribution in [0.4, 0.5) is 0 Å². The Bertz CT molecular complexity index is 597. The van der Waals surface area contributed by atoms with Crippen molar-refractivity contribution in [3.63, 3.8) is 0 Å². The van der Waals surface area contributed by atoms with E-state index in [-0.39, 0.29) is 0 Å². The second-order valence-corrected chi connectivity index (χ2v) is 6.27. The van der Waals surface area contributed by atoms with Gasteiger partial charge in [0.1, 0.15) is 0 Å². The highest BCUT2D eigenvalue weighted by Gasteiger charge is 2.24. The Hall–Kier alpha value is -1.06. The Labute approximate surface area is 135 Å². The van der Waals surface area contributed by atoms with Crippen LogP contribution in [0, 0.1) is 0 Å². The van der Waals surface area contributed by atoms with Crippen LogP contribution in [0.5, 0.6) is 0 Å². The number of hydrogen-bond acceptors (Lipinski definition) is 2. The van der Waals surface area contributed by atoms with E-state index in [0.29, 0.717) is 16.1 Å². The van der Waals surface area contributed by atoms with Crippen molar-refractivity contribution < 1.29 is 0 Å². The molecule has 1 aliphatic rings. The van der Waals surface area contributed by atoms with E-state index in [4.69, 9.17) is 23.2 Å². The number of rotatable bonds is 5. The SMILES string of the molecule is Clc1ccc(CN(Cc2ccccc2)C2CNC2)cc1Cl. The van der Waals surface area contributed by atoms with Crippen molar-refractivity contribution in [2.24, 2.45) is 0 Å². The molecule has 0 aliphatic carbocycles. The molecular formula is C17H18Cl2N2. The molecule has 0 amide bonds. The van der Waals surface area contributed by atoms with E-state index in [9.17, 15) is 0 Å². The molecule has 0 atom stereocenters. The fraction of sp³-hybridized carbons (Fsp3) is 0.294. The van der Waals surface area contributed by atoms with Crippen LogP contribution in [0.15, 0.2) is 48.5 Å². The molecule has 0 radical (unpaired) electrons. The zero-order valence-corrected chi connectivity index (χ0v) is 13.2. The summed E-state index contributed by atoms with van der Waals surface area (Å²) >= 11 is 12.1. The Morgan fingerprint density at radius 3 is 2.24 bits per heavy atom. The lowest BCUT2D eigenvalue weighted by Crippen LogP contribution is -2.56. The van der Waals surface area contributed by atoms with Crippen LogP contribution in [0.1, 0.15) is 11.1 Å². The van der Waals surface area contributed by atoms with Crippen LogP contribution in [0.25, 0.3) is 0 Å². The summed E-state index contributed by atoms with van der Waals surface area (Å²) in [5.41, 5.74) is 2.54. The Kier molecular flexibility index (Phi) is 4.81. The minimum Gasteiger partial charge on any atom is -0.314 e. The van der Waals surface area contributed by atoms with Gasteiger partial charge >= 0.3 is 0 Å². The van der Waals surface area contributed by atoms with E-state index in [1.807, 2.05) is 12.1 Å². The molecule has 4 heteroatoms. The van der Waals surface area contributed by atoms with Gasteiger partial charge in [-0.25, -0.2) is 0 Å². The first-order chi connectivity index (χ1) is 10.2. The molecule has 3 rings (SSSR count). The van der Waals surface area contributed by atoms with E-state index in [1.54, 1.807) is 0 Å². The van der Waals surface area contributed by atoms with Crippen molar-refractivity contribution >= 4 is 23.2 Å². The molecule has 110 valence electrons. The molecule has 21 heavy (non-hydrogen) atoms. The third-order valence-corrected chi connectivity index (χ3v) is 4.61. The fourth-order valence-corrected chi connectivity index (χ4v) is 2.86. The molecule has 0 bridgehead atoms. The lowest BCUT2D eigenvalue weighted by atomic mass is 10.1. The van der Waals surface area contributed by atoms with Crippen LogP contribution in [0.3, 0.4) is 0 Å². The molecule has 2 aromatic rings. The summed E-state index contributed by atoms with van der Waals surface area (Å²) in [6.45, 7) is 3.94. The summed E-state index contributed by atoms with van der Waals surface area (Å²) in [5, 5.41) is 4.58. The summed E-state index contributed by atoms with van der Waals surface area (Å²) < 4.78 is 0. The molecule has 0 saturated carbocycles. The Morgan fingerprint density at radius 2 is 1.62 bits per heavy atom. The quantitative estimate of drug-likeness (QED) is 0.896. The van der Waals surface area contributed by atoms with Crippen LogP contribution >= 0.6 is 23.2 Å². The largest absolute Gasteiger partial charge is 0.314 e.